The maximum atomic E-state index is 11.1. The summed E-state index contributed by atoms with van der Waals surface area (Å²) in [7, 11) is 0. The van der Waals surface area contributed by atoms with E-state index in [-0.39, 0.29) is 5.82 Å². The quantitative estimate of drug-likeness (QED) is 0.769. The molecule has 4 rings (SSSR count). The van der Waals surface area contributed by atoms with E-state index in [2.05, 4.69) is 34.2 Å². The first-order chi connectivity index (χ1) is 11.3. The average molecular weight is 316 g/mol. The van der Waals surface area contributed by atoms with Crippen LogP contribution in [0.3, 0.4) is 0 Å². The van der Waals surface area contributed by atoms with Gasteiger partial charge in [-0.2, -0.15) is 0 Å². The molecule has 0 unspecified atom stereocenters. The number of hydrogen-bond donors (Lipinski definition) is 1. The molecule has 9 nitrogen and oxygen atoms in total. The number of hydrogen-bond acceptors (Lipinski definition) is 7. The molecule has 23 heavy (non-hydrogen) atoms. The van der Waals surface area contributed by atoms with Crippen LogP contribution in [0, 0.1) is 0 Å². The summed E-state index contributed by atoms with van der Waals surface area (Å²) in [6, 6.07) is 0.348. The fraction of sp³-hybridized carbons (Fsp3) is 0.500. The molecule has 0 aliphatic carbocycles. The van der Waals surface area contributed by atoms with E-state index < -0.39 is 5.76 Å². The van der Waals surface area contributed by atoms with Crippen LogP contribution in [0.1, 0.15) is 31.5 Å². The fourth-order valence-electron chi connectivity index (χ4n) is 2.94. The number of aromatic nitrogens is 6. The summed E-state index contributed by atoms with van der Waals surface area (Å²) >= 11 is 0. The summed E-state index contributed by atoms with van der Waals surface area (Å²) in [5.41, 5.74) is 2.41. The first-order valence-corrected chi connectivity index (χ1v) is 7.64. The summed E-state index contributed by atoms with van der Waals surface area (Å²) in [5.74, 6) is -0.0980. The molecule has 9 heteroatoms. The molecule has 0 saturated carbocycles. The molecule has 1 aliphatic rings. The predicted octanol–water partition coefficient (Wildman–Crippen LogP) is 1.08. The van der Waals surface area contributed by atoms with Gasteiger partial charge in [-0.15, -0.1) is 0 Å². The molecule has 1 fully saturated rings. The van der Waals surface area contributed by atoms with Crippen molar-refractivity contribution >= 4 is 11.2 Å². The third kappa shape index (κ3) is 2.42. The zero-order chi connectivity index (χ0) is 15.8. The molecule has 0 aromatic carbocycles. The summed E-state index contributed by atoms with van der Waals surface area (Å²) < 4.78 is 12.1. The number of H-pyrrole nitrogens is 1. The first-order valence-electron chi connectivity index (χ1n) is 7.64. The normalized spacial score (nSPS) is 16.2. The lowest BCUT2D eigenvalue weighted by Gasteiger charge is -2.24. The lowest BCUT2D eigenvalue weighted by Crippen LogP contribution is -2.19. The van der Waals surface area contributed by atoms with Crippen molar-refractivity contribution in [1.82, 2.24) is 29.7 Å². The van der Waals surface area contributed by atoms with Gasteiger partial charge < -0.3 is 9.30 Å². The Labute approximate surface area is 130 Å². The second-order valence-electron chi connectivity index (χ2n) is 5.46. The molecule has 0 amide bonds. The SMILES string of the molecule is CCc1nc(-c2noc(=O)[nH]2)nc2ncn(C3CCOCC3)c12. The molecule has 4 heterocycles. The van der Waals surface area contributed by atoms with Crippen molar-refractivity contribution < 1.29 is 9.26 Å². The maximum absolute atomic E-state index is 11.1. The zero-order valence-electron chi connectivity index (χ0n) is 12.7. The van der Waals surface area contributed by atoms with E-state index in [1.165, 1.54) is 0 Å². The highest BCUT2D eigenvalue weighted by molar-refractivity contribution is 5.75. The number of fused-ring (bicyclic) bond motifs is 1. The van der Waals surface area contributed by atoms with Gasteiger partial charge in [-0.05, 0) is 19.3 Å². The van der Waals surface area contributed by atoms with Gasteiger partial charge in [0.2, 0.25) is 11.6 Å². The third-order valence-electron chi connectivity index (χ3n) is 4.07. The molecule has 0 radical (unpaired) electrons. The van der Waals surface area contributed by atoms with Gasteiger partial charge in [-0.3, -0.25) is 9.51 Å². The Bertz CT molecular complexity index is 889. The van der Waals surface area contributed by atoms with Crippen molar-refractivity contribution in [2.24, 2.45) is 0 Å². The predicted molar refractivity (Wildman–Crippen MR) is 79.9 cm³/mol. The Morgan fingerprint density at radius 2 is 2.17 bits per heavy atom. The summed E-state index contributed by atoms with van der Waals surface area (Å²) in [6.45, 7) is 3.54. The minimum absolute atomic E-state index is 0.215. The van der Waals surface area contributed by atoms with Gasteiger partial charge in [0.25, 0.3) is 0 Å². The molecule has 3 aromatic rings. The van der Waals surface area contributed by atoms with E-state index in [1.54, 1.807) is 0 Å². The van der Waals surface area contributed by atoms with Crippen LogP contribution in [-0.2, 0) is 11.2 Å². The molecule has 1 aliphatic heterocycles. The van der Waals surface area contributed by atoms with E-state index in [1.807, 2.05) is 13.3 Å². The van der Waals surface area contributed by atoms with Crippen LogP contribution in [0.4, 0.5) is 0 Å². The van der Waals surface area contributed by atoms with Gasteiger partial charge in [0.05, 0.1) is 12.0 Å². The number of aromatic amines is 1. The third-order valence-corrected chi connectivity index (χ3v) is 4.07. The topological polar surface area (TPSA) is 112 Å². The van der Waals surface area contributed by atoms with Crippen LogP contribution in [0.25, 0.3) is 22.8 Å². The minimum Gasteiger partial charge on any atom is -0.381 e. The van der Waals surface area contributed by atoms with Crippen LogP contribution in [-0.4, -0.2) is 42.9 Å². The fourth-order valence-corrected chi connectivity index (χ4v) is 2.94. The largest absolute Gasteiger partial charge is 0.439 e. The summed E-state index contributed by atoms with van der Waals surface area (Å²) in [6.07, 6.45) is 4.44. The van der Waals surface area contributed by atoms with Crippen molar-refractivity contribution in [2.45, 2.75) is 32.2 Å². The number of nitrogens with zero attached hydrogens (tertiary/aromatic N) is 5. The Hall–Kier alpha value is -2.55. The van der Waals surface area contributed by atoms with Crippen molar-refractivity contribution in [1.29, 1.82) is 0 Å². The van der Waals surface area contributed by atoms with Crippen LogP contribution in [0.15, 0.2) is 15.6 Å². The minimum atomic E-state index is -0.630. The van der Waals surface area contributed by atoms with E-state index in [0.29, 0.717) is 17.5 Å². The Morgan fingerprint density at radius 1 is 1.35 bits per heavy atom. The molecule has 0 atom stereocenters. The Kier molecular flexibility index (Phi) is 3.41. The lowest BCUT2D eigenvalue weighted by molar-refractivity contribution is 0.0705. The van der Waals surface area contributed by atoms with Crippen LogP contribution < -0.4 is 5.76 Å². The summed E-state index contributed by atoms with van der Waals surface area (Å²) in [5, 5.41) is 3.65. The van der Waals surface area contributed by atoms with Gasteiger partial charge in [0.1, 0.15) is 5.52 Å². The number of imidazole rings is 1. The molecule has 1 N–H and O–H groups in total. The van der Waals surface area contributed by atoms with Gasteiger partial charge in [-0.25, -0.2) is 19.7 Å². The average Bonchev–Trinajstić information content (AvgIpc) is 3.21. The van der Waals surface area contributed by atoms with E-state index in [4.69, 9.17) is 4.74 Å². The first kappa shape index (κ1) is 14.1. The second kappa shape index (κ2) is 5.58. The summed E-state index contributed by atoms with van der Waals surface area (Å²) in [4.78, 5) is 27.0. The number of aryl methyl sites for hydroxylation is 1. The Balaban J connectivity index is 1.84. The Morgan fingerprint density at radius 3 is 2.87 bits per heavy atom. The van der Waals surface area contributed by atoms with Gasteiger partial charge >= 0.3 is 5.76 Å². The van der Waals surface area contributed by atoms with Gasteiger partial charge in [0.15, 0.2) is 5.65 Å². The van der Waals surface area contributed by atoms with E-state index in [0.717, 1.165) is 43.7 Å². The highest BCUT2D eigenvalue weighted by atomic mass is 16.5. The number of rotatable bonds is 3. The van der Waals surface area contributed by atoms with Crippen LogP contribution >= 0.6 is 0 Å². The molecule has 3 aromatic heterocycles. The monoisotopic (exact) mass is 316 g/mol. The van der Waals surface area contributed by atoms with Crippen LogP contribution in [0.5, 0.6) is 0 Å². The molecular weight excluding hydrogens is 300 g/mol. The molecule has 0 bridgehead atoms. The number of ether oxygens (including phenoxy) is 1. The highest BCUT2D eigenvalue weighted by Gasteiger charge is 2.21. The van der Waals surface area contributed by atoms with E-state index in [9.17, 15) is 4.79 Å². The van der Waals surface area contributed by atoms with Crippen LogP contribution in [0.2, 0.25) is 0 Å². The molecule has 1 saturated heterocycles. The van der Waals surface area contributed by atoms with E-state index >= 15 is 0 Å². The second-order valence-corrected chi connectivity index (χ2v) is 5.46. The zero-order valence-corrected chi connectivity index (χ0v) is 12.7. The standard InChI is InChI=1S/C14H16N6O3/c1-2-9-10-11(15-7-20(10)8-3-5-22-6-4-8)17-12(16-9)13-18-14(21)23-19-13/h7-8H,2-6H2,1H3,(H,18,19,21). The molecular formula is C14H16N6O3. The van der Waals surface area contributed by atoms with Gasteiger partial charge in [0, 0.05) is 19.3 Å². The molecule has 0 spiro atoms. The number of nitrogens with one attached hydrogen (secondary N) is 1. The van der Waals surface area contributed by atoms with Gasteiger partial charge in [-0.1, -0.05) is 12.1 Å². The molecule has 120 valence electrons. The lowest BCUT2D eigenvalue weighted by atomic mass is 10.1. The highest BCUT2D eigenvalue weighted by Crippen LogP contribution is 2.27. The maximum Gasteiger partial charge on any atom is 0.439 e. The van der Waals surface area contributed by atoms with Crippen molar-refractivity contribution in [2.75, 3.05) is 13.2 Å². The smallest absolute Gasteiger partial charge is 0.381 e. The van der Waals surface area contributed by atoms with Crippen molar-refractivity contribution in [3.05, 3.63) is 22.6 Å². The van der Waals surface area contributed by atoms with Crippen molar-refractivity contribution in [3.63, 3.8) is 0 Å². The van der Waals surface area contributed by atoms with Crippen molar-refractivity contribution in [3.8, 4) is 11.6 Å².